The summed E-state index contributed by atoms with van der Waals surface area (Å²) in [5.41, 5.74) is 0. The van der Waals surface area contributed by atoms with Gasteiger partial charge in [-0.05, 0) is 38.4 Å². The van der Waals surface area contributed by atoms with Gasteiger partial charge in [0.05, 0.1) is 4.90 Å². The Morgan fingerprint density at radius 2 is 1.94 bits per heavy atom. The molecule has 2 rings (SSSR count). The van der Waals surface area contributed by atoms with Gasteiger partial charge in [-0.3, -0.25) is 0 Å². The van der Waals surface area contributed by atoms with Crippen molar-refractivity contribution < 1.29 is 8.42 Å². The molecule has 0 aliphatic carbocycles. The lowest BCUT2D eigenvalue weighted by atomic mass is 10.0. The Bertz CT molecular complexity index is 464. The zero-order valence-corrected chi connectivity index (χ0v) is 11.9. The zero-order valence-electron chi connectivity index (χ0n) is 10.3. The first-order valence-corrected chi connectivity index (χ1v) is 7.37. The average molecular weight is 291 g/mol. The smallest absolute Gasteiger partial charge is 0.240 e. The third-order valence-corrected chi connectivity index (χ3v) is 4.54. The van der Waals surface area contributed by atoms with E-state index < -0.39 is 10.0 Å². The van der Waals surface area contributed by atoms with Gasteiger partial charge in [-0.15, -0.1) is 12.4 Å². The summed E-state index contributed by atoms with van der Waals surface area (Å²) < 4.78 is 26.9. The van der Waals surface area contributed by atoms with Crippen LogP contribution in [0.3, 0.4) is 0 Å². The molecule has 0 aromatic heterocycles. The third-order valence-electron chi connectivity index (χ3n) is 3.00. The number of hydrogen-bond donors (Lipinski definition) is 2. The van der Waals surface area contributed by atoms with Crippen molar-refractivity contribution in [1.29, 1.82) is 0 Å². The molecule has 1 aliphatic heterocycles. The maximum Gasteiger partial charge on any atom is 0.240 e. The minimum absolute atomic E-state index is 0. The Balaban J connectivity index is 0.00000162. The fraction of sp³-hybridized carbons (Fsp3) is 0.500. The molecular weight excluding hydrogens is 272 g/mol. The first-order valence-electron chi connectivity index (χ1n) is 5.89. The quantitative estimate of drug-likeness (QED) is 0.887. The van der Waals surface area contributed by atoms with Crippen molar-refractivity contribution in [3.8, 4) is 0 Å². The molecule has 6 heteroatoms. The molecule has 1 heterocycles. The van der Waals surface area contributed by atoms with Crippen molar-refractivity contribution in [2.75, 3.05) is 6.54 Å². The molecule has 2 N–H and O–H groups in total. The Labute approximate surface area is 115 Å². The highest BCUT2D eigenvalue weighted by Crippen LogP contribution is 2.13. The van der Waals surface area contributed by atoms with Crippen LogP contribution in [0.1, 0.15) is 19.8 Å². The zero-order chi connectivity index (χ0) is 12.3. The van der Waals surface area contributed by atoms with Crippen molar-refractivity contribution >= 4 is 22.4 Å². The summed E-state index contributed by atoms with van der Waals surface area (Å²) >= 11 is 0. The van der Waals surface area contributed by atoms with Crippen molar-refractivity contribution in [3.05, 3.63) is 30.3 Å². The molecule has 1 aliphatic rings. The van der Waals surface area contributed by atoms with E-state index in [0.717, 1.165) is 19.4 Å². The Morgan fingerprint density at radius 1 is 1.28 bits per heavy atom. The summed E-state index contributed by atoms with van der Waals surface area (Å²) in [5.74, 6) is 0. The maximum absolute atomic E-state index is 12.1. The summed E-state index contributed by atoms with van der Waals surface area (Å²) in [6.45, 7) is 2.94. The van der Waals surface area contributed by atoms with E-state index >= 15 is 0 Å². The van der Waals surface area contributed by atoms with Gasteiger partial charge in [0.25, 0.3) is 0 Å². The summed E-state index contributed by atoms with van der Waals surface area (Å²) in [4.78, 5) is 0.339. The number of nitrogens with one attached hydrogen (secondary N) is 2. The Morgan fingerprint density at radius 3 is 2.56 bits per heavy atom. The van der Waals surface area contributed by atoms with E-state index in [9.17, 15) is 8.42 Å². The largest absolute Gasteiger partial charge is 0.314 e. The molecule has 2 unspecified atom stereocenters. The highest BCUT2D eigenvalue weighted by Gasteiger charge is 2.23. The maximum atomic E-state index is 12.1. The molecular formula is C12H19ClN2O2S. The lowest BCUT2D eigenvalue weighted by Crippen LogP contribution is -2.46. The molecule has 2 atom stereocenters. The topological polar surface area (TPSA) is 58.2 Å². The second-order valence-electron chi connectivity index (χ2n) is 4.51. The van der Waals surface area contributed by atoms with Crippen LogP contribution in [0, 0.1) is 0 Å². The molecule has 0 radical (unpaired) electrons. The number of sulfonamides is 1. The van der Waals surface area contributed by atoms with Crippen molar-refractivity contribution in [2.24, 2.45) is 0 Å². The lowest BCUT2D eigenvalue weighted by molar-refractivity contribution is 0.361. The van der Waals surface area contributed by atoms with Crippen molar-refractivity contribution in [3.63, 3.8) is 0 Å². The molecule has 1 fully saturated rings. The second-order valence-corrected chi connectivity index (χ2v) is 6.22. The molecule has 0 amide bonds. The molecule has 4 nitrogen and oxygen atoms in total. The highest BCUT2D eigenvalue weighted by molar-refractivity contribution is 7.89. The highest BCUT2D eigenvalue weighted by atomic mass is 35.5. The van der Waals surface area contributed by atoms with Crippen LogP contribution < -0.4 is 10.0 Å². The fourth-order valence-electron chi connectivity index (χ4n) is 2.13. The van der Waals surface area contributed by atoms with Gasteiger partial charge in [0.15, 0.2) is 0 Å². The SMILES string of the molecule is CC1CC(NS(=O)(=O)c2ccccc2)CCN1.Cl. The van der Waals surface area contributed by atoms with E-state index in [0.29, 0.717) is 10.9 Å². The molecule has 0 bridgehead atoms. The number of halogens is 1. The minimum Gasteiger partial charge on any atom is -0.314 e. The van der Waals surface area contributed by atoms with Gasteiger partial charge in [-0.2, -0.15) is 0 Å². The van der Waals surface area contributed by atoms with Gasteiger partial charge < -0.3 is 5.32 Å². The number of benzene rings is 1. The van der Waals surface area contributed by atoms with Crippen molar-refractivity contribution in [2.45, 2.75) is 36.7 Å². The normalized spacial score (nSPS) is 24.3. The van der Waals surface area contributed by atoms with E-state index in [1.165, 1.54) is 0 Å². The molecule has 18 heavy (non-hydrogen) atoms. The van der Waals surface area contributed by atoms with E-state index in [1.54, 1.807) is 24.3 Å². The number of rotatable bonds is 3. The molecule has 1 aromatic rings. The van der Waals surface area contributed by atoms with Crippen LogP contribution >= 0.6 is 12.4 Å². The summed E-state index contributed by atoms with van der Waals surface area (Å²) in [7, 11) is -3.36. The molecule has 102 valence electrons. The second kappa shape index (κ2) is 6.52. The van der Waals surface area contributed by atoms with Crippen LogP contribution in [0.2, 0.25) is 0 Å². The van der Waals surface area contributed by atoms with Gasteiger partial charge in [-0.1, -0.05) is 18.2 Å². The standard InChI is InChI=1S/C12H18N2O2S.ClH/c1-10-9-11(7-8-13-10)14-17(15,16)12-5-3-2-4-6-12;/h2-6,10-11,13-14H,7-9H2,1H3;1H. The average Bonchev–Trinajstić information content (AvgIpc) is 2.29. The Kier molecular flexibility index (Phi) is 5.59. The van der Waals surface area contributed by atoms with Crippen LogP contribution in [-0.2, 0) is 10.0 Å². The first kappa shape index (κ1) is 15.4. The molecule has 0 saturated carbocycles. The molecule has 1 saturated heterocycles. The summed E-state index contributed by atoms with van der Waals surface area (Å²) in [6.07, 6.45) is 1.68. The number of piperidine rings is 1. The minimum atomic E-state index is -3.36. The predicted molar refractivity (Wildman–Crippen MR) is 74.5 cm³/mol. The van der Waals surface area contributed by atoms with Crippen LogP contribution in [-0.4, -0.2) is 27.0 Å². The van der Waals surface area contributed by atoms with Gasteiger partial charge >= 0.3 is 0 Å². The van der Waals surface area contributed by atoms with Crippen LogP contribution in [0.4, 0.5) is 0 Å². The van der Waals surface area contributed by atoms with E-state index in [2.05, 4.69) is 17.0 Å². The van der Waals surface area contributed by atoms with Gasteiger partial charge in [0.1, 0.15) is 0 Å². The fourth-order valence-corrected chi connectivity index (χ4v) is 3.43. The first-order chi connectivity index (χ1) is 8.08. The van der Waals surface area contributed by atoms with Crippen LogP contribution in [0.15, 0.2) is 35.2 Å². The van der Waals surface area contributed by atoms with Gasteiger partial charge in [0, 0.05) is 12.1 Å². The van der Waals surface area contributed by atoms with E-state index in [4.69, 9.17) is 0 Å². The number of hydrogen-bond acceptors (Lipinski definition) is 3. The van der Waals surface area contributed by atoms with Gasteiger partial charge in [-0.25, -0.2) is 13.1 Å². The lowest BCUT2D eigenvalue weighted by Gasteiger charge is -2.28. The Hall–Kier alpha value is -0.620. The van der Waals surface area contributed by atoms with Crippen LogP contribution in [0.25, 0.3) is 0 Å². The van der Waals surface area contributed by atoms with Gasteiger partial charge in [0.2, 0.25) is 10.0 Å². The summed E-state index contributed by atoms with van der Waals surface area (Å²) in [6, 6.07) is 8.92. The van der Waals surface area contributed by atoms with E-state index in [1.807, 2.05) is 6.07 Å². The third kappa shape index (κ3) is 3.95. The summed E-state index contributed by atoms with van der Waals surface area (Å²) in [5, 5.41) is 3.30. The van der Waals surface area contributed by atoms with Crippen LogP contribution in [0.5, 0.6) is 0 Å². The monoisotopic (exact) mass is 290 g/mol. The van der Waals surface area contributed by atoms with Crippen molar-refractivity contribution in [1.82, 2.24) is 10.0 Å². The van der Waals surface area contributed by atoms with E-state index in [-0.39, 0.29) is 18.4 Å². The molecule has 1 aromatic carbocycles. The molecule has 0 spiro atoms. The predicted octanol–water partition coefficient (Wildman–Crippen LogP) is 1.53.